The third-order valence-corrected chi connectivity index (χ3v) is 3.87. The van der Waals surface area contributed by atoms with E-state index in [0.717, 1.165) is 24.5 Å². The van der Waals surface area contributed by atoms with Gasteiger partial charge in [0.15, 0.2) is 0 Å². The number of hydrogen-bond donors (Lipinski definition) is 1. The Kier molecular flexibility index (Phi) is 3.08. The van der Waals surface area contributed by atoms with Gasteiger partial charge in [-0.25, -0.2) is 0 Å². The van der Waals surface area contributed by atoms with Crippen molar-refractivity contribution in [2.75, 3.05) is 23.3 Å². The Morgan fingerprint density at radius 1 is 1.10 bits per heavy atom. The van der Waals surface area contributed by atoms with Crippen LogP contribution < -0.4 is 10.2 Å². The van der Waals surface area contributed by atoms with E-state index in [2.05, 4.69) is 48.3 Å². The molecule has 0 radical (unpaired) electrons. The Morgan fingerprint density at radius 3 is 2.70 bits per heavy atom. The van der Waals surface area contributed by atoms with Crippen molar-refractivity contribution in [3.8, 4) is 6.07 Å². The molecule has 0 bridgehead atoms. The van der Waals surface area contributed by atoms with Gasteiger partial charge in [-0.3, -0.25) is 0 Å². The molecule has 100 valence electrons. The number of fused-ring (bicyclic) bond motifs is 1. The molecule has 0 aliphatic carbocycles. The molecule has 3 rings (SSSR count). The summed E-state index contributed by atoms with van der Waals surface area (Å²) in [5.41, 5.74) is 6.65. The second-order valence-corrected chi connectivity index (χ2v) is 5.19. The molecule has 2 aromatic rings. The van der Waals surface area contributed by atoms with Gasteiger partial charge in [-0.1, -0.05) is 6.07 Å². The normalized spacial score (nSPS) is 13.3. The summed E-state index contributed by atoms with van der Waals surface area (Å²) < 4.78 is 0. The van der Waals surface area contributed by atoms with E-state index in [1.165, 1.54) is 16.8 Å². The van der Waals surface area contributed by atoms with Gasteiger partial charge >= 0.3 is 0 Å². The molecule has 0 atom stereocenters. The van der Waals surface area contributed by atoms with Crippen LogP contribution in [0.15, 0.2) is 36.4 Å². The van der Waals surface area contributed by atoms with Gasteiger partial charge in [0, 0.05) is 18.8 Å². The average Bonchev–Trinajstić information content (AvgIpc) is 2.49. The lowest BCUT2D eigenvalue weighted by Crippen LogP contribution is -2.30. The average molecular weight is 263 g/mol. The fourth-order valence-corrected chi connectivity index (χ4v) is 2.56. The van der Waals surface area contributed by atoms with E-state index in [1.54, 1.807) is 0 Å². The lowest BCUT2D eigenvalue weighted by atomic mass is 10.1. The van der Waals surface area contributed by atoms with E-state index in [-0.39, 0.29) is 0 Å². The van der Waals surface area contributed by atoms with Crippen molar-refractivity contribution in [2.24, 2.45) is 0 Å². The third kappa shape index (κ3) is 2.10. The first-order valence-electron chi connectivity index (χ1n) is 6.82. The maximum atomic E-state index is 9.09. The standard InChI is InChI=1S/C17H17N3/c1-12-3-5-15(9-13(12)2)20-8-7-19-16-6-4-14(11-18)10-17(16)20/h3-6,9-10,19H,7-8H2,1-2H3. The van der Waals surface area contributed by atoms with Gasteiger partial charge < -0.3 is 10.2 Å². The molecule has 0 saturated heterocycles. The van der Waals surface area contributed by atoms with Gasteiger partial charge in [0.2, 0.25) is 0 Å². The summed E-state index contributed by atoms with van der Waals surface area (Å²) in [6.45, 7) is 6.07. The fraction of sp³-hybridized carbons (Fsp3) is 0.235. The van der Waals surface area contributed by atoms with Crippen molar-refractivity contribution in [3.63, 3.8) is 0 Å². The third-order valence-electron chi connectivity index (χ3n) is 3.87. The molecule has 0 fully saturated rings. The smallest absolute Gasteiger partial charge is 0.0992 e. The van der Waals surface area contributed by atoms with E-state index in [4.69, 9.17) is 5.26 Å². The van der Waals surface area contributed by atoms with Crippen molar-refractivity contribution in [3.05, 3.63) is 53.1 Å². The molecule has 0 amide bonds. The number of rotatable bonds is 1. The summed E-state index contributed by atoms with van der Waals surface area (Å²) in [6.07, 6.45) is 0. The molecule has 20 heavy (non-hydrogen) atoms. The fourth-order valence-electron chi connectivity index (χ4n) is 2.56. The molecule has 3 heteroatoms. The second-order valence-electron chi connectivity index (χ2n) is 5.19. The molecule has 1 N–H and O–H groups in total. The van der Waals surface area contributed by atoms with Gasteiger partial charge in [-0.15, -0.1) is 0 Å². The molecule has 0 spiro atoms. The van der Waals surface area contributed by atoms with Gasteiger partial charge in [0.1, 0.15) is 0 Å². The predicted octanol–water partition coefficient (Wildman–Crippen LogP) is 3.74. The number of hydrogen-bond acceptors (Lipinski definition) is 3. The van der Waals surface area contributed by atoms with E-state index in [9.17, 15) is 0 Å². The van der Waals surface area contributed by atoms with Crippen LogP contribution in [0.1, 0.15) is 16.7 Å². The van der Waals surface area contributed by atoms with Crippen molar-refractivity contribution >= 4 is 17.1 Å². The molecule has 1 heterocycles. The van der Waals surface area contributed by atoms with Crippen LogP contribution >= 0.6 is 0 Å². The molecule has 2 aromatic carbocycles. The zero-order chi connectivity index (χ0) is 14.1. The Hall–Kier alpha value is -2.47. The van der Waals surface area contributed by atoms with Crippen LogP contribution in [0.25, 0.3) is 0 Å². The molecular formula is C17H17N3. The Labute approximate surface area is 119 Å². The number of nitrogens with one attached hydrogen (secondary N) is 1. The summed E-state index contributed by atoms with van der Waals surface area (Å²) in [5, 5.41) is 12.5. The molecule has 1 aliphatic heterocycles. The molecular weight excluding hydrogens is 246 g/mol. The number of anilines is 3. The summed E-state index contributed by atoms with van der Waals surface area (Å²) in [7, 11) is 0. The second kappa shape index (κ2) is 4.90. The monoisotopic (exact) mass is 263 g/mol. The highest BCUT2D eigenvalue weighted by Gasteiger charge is 2.18. The van der Waals surface area contributed by atoms with Crippen LogP contribution in [0, 0.1) is 25.2 Å². The lowest BCUT2D eigenvalue weighted by Gasteiger charge is -2.32. The quantitative estimate of drug-likeness (QED) is 0.852. The zero-order valence-electron chi connectivity index (χ0n) is 11.8. The SMILES string of the molecule is Cc1ccc(N2CCNc3ccc(C#N)cc32)cc1C. The molecule has 0 aromatic heterocycles. The number of nitrogens with zero attached hydrogens (tertiary/aromatic N) is 2. The van der Waals surface area contributed by atoms with E-state index in [0.29, 0.717) is 5.56 Å². The largest absolute Gasteiger partial charge is 0.382 e. The van der Waals surface area contributed by atoms with E-state index in [1.807, 2.05) is 18.2 Å². The topological polar surface area (TPSA) is 39.1 Å². The Balaban J connectivity index is 2.09. The highest BCUT2D eigenvalue weighted by Crippen LogP contribution is 2.35. The summed E-state index contributed by atoms with van der Waals surface area (Å²) in [4.78, 5) is 2.28. The minimum Gasteiger partial charge on any atom is -0.382 e. The Morgan fingerprint density at radius 2 is 1.95 bits per heavy atom. The van der Waals surface area contributed by atoms with E-state index >= 15 is 0 Å². The highest BCUT2D eigenvalue weighted by molar-refractivity contribution is 5.80. The number of benzene rings is 2. The van der Waals surface area contributed by atoms with Crippen molar-refractivity contribution < 1.29 is 0 Å². The van der Waals surface area contributed by atoms with Gasteiger partial charge in [-0.05, 0) is 55.3 Å². The summed E-state index contributed by atoms with van der Waals surface area (Å²) in [6, 6.07) is 14.5. The van der Waals surface area contributed by atoms with Crippen LogP contribution in [0.3, 0.4) is 0 Å². The van der Waals surface area contributed by atoms with Gasteiger partial charge in [0.25, 0.3) is 0 Å². The number of aryl methyl sites for hydroxylation is 2. The van der Waals surface area contributed by atoms with Crippen LogP contribution in [0.4, 0.5) is 17.1 Å². The van der Waals surface area contributed by atoms with Crippen molar-refractivity contribution in [1.82, 2.24) is 0 Å². The molecule has 1 aliphatic rings. The van der Waals surface area contributed by atoms with Crippen LogP contribution in [0.2, 0.25) is 0 Å². The first-order chi connectivity index (χ1) is 9.69. The maximum Gasteiger partial charge on any atom is 0.0992 e. The zero-order valence-corrected chi connectivity index (χ0v) is 11.8. The van der Waals surface area contributed by atoms with Crippen molar-refractivity contribution in [1.29, 1.82) is 5.26 Å². The van der Waals surface area contributed by atoms with Crippen LogP contribution in [0.5, 0.6) is 0 Å². The minimum atomic E-state index is 0.696. The predicted molar refractivity (Wildman–Crippen MR) is 82.6 cm³/mol. The lowest BCUT2D eigenvalue weighted by molar-refractivity contribution is 0.925. The first-order valence-corrected chi connectivity index (χ1v) is 6.82. The van der Waals surface area contributed by atoms with Gasteiger partial charge in [-0.2, -0.15) is 5.26 Å². The van der Waals surface area contributed by atoms with Gasteiger partial charge in [0.05, 0.1) is 23.0 Å². The Bertz CT molecular complexity index is 698. The number of nitriles is 1. The summed E-state index contributed by atoms with van der Waals surface area (Å²) >= 11 is 0. The highest BCUT2D eigenvalue weighted by atomic mass is 15.2. The van der Waals surface area contributed by atoms with E-state index < -0.39 is 0 Å². The molecule has 0 saturated carbocycles. The van der Waals surface area contributed by atoms with Crippen molar-refractivity contribution in [2.45, 2.75) is 13.8 Å². The summed E-state index contributed by atoms with van der Waals surface area (Å²) in [5.74, 6) is 0. The van der Waals surface area contributed by atoms with Crippen LogP contribution in [-0.2, 0) is 0 Å². The molecule has 3 nitrogen and oxygen atoms in total. The minimum absolute atomic E-state index is 0.696. The van der Waals surface area contributed by atoms with Crippen LogP contribution in [-0.4, -0.2) is 13.1 Å². The first kappa shape index (κ1) is 12.6. The molecule has 0 unspecified atom stereocenters. The maximum absolute atomic E-state index is 9.09.